The van der Waals surface area contributed by atoms with Gasteiger partial charge in [-0.25, -0.2) is 4.39 Å². The molecule has 4 rings (SSSR count). The molecule has 3 fully saturated rings. The van der Waals surface area contributed by atoms with Crippen LogP contribution in [0, 0.1) is 35.0 Å². The van der Waals surface area contributed by atoms with Crippen molar-refractivity contribution in [1.29, 1.82) is 0 Å². The second-order valence-electron chi connectivity index (χ2n) is 8.60. The Kier molecular flexibility index (Phi) is 3.31. The maximum absolute atomic E-state index is 14.2. The summed E-state index contributed by atoms with van der Waals surface area (Å²) in [4.78, 5) is 11.7. The number of hydrogen-bond acceptors (Lipinski definition) is 2. The van der Waals surface area contributed by atoms with Crippen LogP contribution in [0.4, 0.5) is 4.39 Å². The largest absolute Gasteiger partial charge is 0.390 e. The van der Waals surface area contributed by atoms with E-state index in [9.17, 15) is 14.3 Å². The van der Waals surface area contributed by atoms with E-state index in [0.29, 0.717) is 42.4 Å². The average Bonchev–Trinajstić information content (AvgIpc) is 2.70. The Labute approximate surface area is 132 Å². The summed E-state index contributed by atoms with van der Waals surface area (Å²) in [5.41, 5.74) is 1.13. The predicted molar refractivity (Wildman–Crippen MR) is 82.9 cm³/mol. The third kappa shape index (κ3) is 1.90. The van der Waals surface area contributed by atoms with E-state index in [1.54, 1.807) is 0 Å². The van der Waals surface area contributed by atoms with Crippen LogP contribution in [0.5, 0.6) is 0 Å². The van der Waals surface area contributed by atoms with Crippen LogP contribution in [-0.4, -0.2) is 23.2 Å². The van der Waals surface area contributed by atoms with Gasteiger partial charge in [-0.1, -0.05) is 19.4 Å². The van der Waals surface area contributed by atoms with Crippen LogP contribution in [0.1, 0.15) is 52.4 Å². The maximum Gasteiger partial charge on any atom is 0.155 e. The van der Waals surface area contributed by atoms with Gasteiger partial charge in [0.05, 0.1) is 6.10 Å². The fraction of sp³-hybridized carbons (Fsp3) is 0.842. The van der Waals surface area contributed by atoms with Crippen LogP contribution in [0.25, 0.3) is 0 Å². The molecule has 22 heavy (non-hydrogen) atoms. The molecule has 0 heterocycles. The Morgan fingerprint density at radius 1 is 1.36 bits per heavy atom. The number of ketones is 1. The number of rotatable bonds is 0. The van der Waals surface area contributed by atoms with E-state index in [4.69, 9.17) is 0 Å². The third-order valence-electron chi connectivity index (χ3n) is 7.58. The molecule has 122 valence electrons. The molecule has 2 nitrogen and oxygen atoms in total. The van der Waals surface area contributed by atoms with E-state index in [2.05, 4.69) is 13.8 Å². The SMILES string of the molecule is C[C@@H]1CC2=CC(=O)CC[C@@H]2C2CC[C@@]3(C)C(C[C@@H](F)[C@@H]3O)C21. The molecule has 3 heteroatoms. The lowest BCUT2D eigenvalue weighted by Gasteiger charge is -2.55. The lowest BCUT2D eigenvalue weighted by atomic mass is 9.49. The summed E-state index contributed by atoms with van der Waals surface area (Å²) in [5.74, 6) is 2.76. The van der Waals surface area contributed by atoms with Crippen molar-refractivity contribution in [3.8, 4) is 0 Å². The number of carbonyl (C=O) groups excluding carboxylic acids is 1. The third-order valence-corrected chi connectivity index (χ3v) is 7.58. The Balaban J connectivity index is 1.69. The molecule has 0 saturated heterocycles. The number of aliphatic hydroxyl groups excluding tert-OH is 1. The zero-order valence-electron chi connectivity index (χ0n) is 13.6. The van der Waals surface area contributed by atoms with Gasteiger partial charge >= 0.3 is 0 Å². The highest BCUT2D eigenvalue weighted by atomic mass is 19.1. The summed E-state index contributed by atoms with van der Waals surface area (Å²) in [7, 11) is 0. The summed E-state index contributed by atoms with van der Waals surface area (Å²) in [6, 6.07) is 0. The topological polar surface area (TPSA) is 37.3 Å². The maximum atomic E-state index is 14.2. The summed E-state index contributed by atoms with van der Waals surface area (Å²) in [5, 5.41) is 10.4. The number of fused-ring (bicyclic) bond motifs is 5. The van der Waals surface area contributed by atoms with Crippen LogP contribution < -0.4 is 0 Å². The van der Waals surface area contributed by atoms with E-state index < -0.39 is 12.3 Å². The first kappa shape index (κ1) is 14.9. The predicted octanol–water partition coefficient (Wildman–Crippen LogP) is 3.68. The van der Waals surface area contributed by atoms with Crippen molar-refractivity contribution in [1.82, 2.24) is 0 Å². The summed E-state index contributed by atoms with van der Waals surface area (Å²) in [6.45, 7) is 4.39. The first-order chi connectivity index (χ1) is 10.4. The van der Waals surface area contributed by atoms with Crippen molar-refractivity contribution in [2.45, 2.75) is 64.6 Å². The van der Waals surface area contributed by atoms with Crippen LogP contribution >= 0.6 is 0 Å². The van der Waals surface area contributed by atoms with Gasteiger partial charge in [-0.2, -0.15) is 0 Å². The van der Waals surface area contributed by atoms with Crippen molar-refractivity contribution in [2.75, 3.05) is 0 Å². The average molecular weight is 306 g/mol. The van der Waals surface area contributed by atoms with Gasteiger partial charge in [0.25, 0.3) is 0 Å². The van der Waals surface area contributed by atoms with Crippen molar-refractivity contribution in [3.05, 3.63) is 11.6 Å². The van der Waals surface area contributed by atoms with Gasteiger partial charge in [0.1, 0.15) is 6.17 Å². The highest BCUT2D eigenvalue weighted by Gasteiger charge is 2.60. The summed E-state index contributed by atoms with van der Waals surface area (Å²) in [6.07, 6.45) is 5.31. The highest BCUT2D eigenvalue weighted by Crippen LogP contribution is 2.63. The molecule has 0 radical (unpaired) electrons. The minimum atomic E-state index is -1.05. The smallest absolute Gasteiger partial charge is 0.155 e. The molecule has 3 saturated carbocycles. The quantitative estimate of drug-likeness (QED) is 0.741. The summed E-state index contributed by atoms with van der Waals surface area (Å²) >= 11 is 0. The Hall–Kier alpha value is -0.700. The van der Waals surface area contributed by atoms with Crippen LogP contribution in [0.2, 0.25) is 0 Å². The molecule has 1 N–H and O–H groups in total. The first-order valence-electron chi connectivity index (χ1n) is 8.97. The molecule has 0 aromatic carbocycles. The molecule has 4 aliphatic carbocycles. The Morgan fingerprint density at radius 3 is 2.91 bits per heavy atom. The highest BCUT2D eigenvalue weighted by molar-refractivity contribution is 5.91. The van der Waals surface area contributed by atoms with Gasteiger partial charge in [-0.3, -0.25) is 4.79 Å². The van der Waals surface area contributed by atoms with Crippen LogP contribution in [0.3, 0.4) is 0 Å². The lowest BCUT2D eigenvalue weighted by molar-refractivity contribution is -0.116. The van der Waals surface area contributed by atoms with Gasteiger partial charge in [0.2, 0.25) is 0 Å². The molecular formula is C19H27FO2. The van der Waals surface area contributed by atoms with Crippen molar-refractivity contribution in [2.24, 2.45) is 35.0 Å². The van der Waals surface area contributed by atoms with E-state index in [-0.39, 0.29) is 11.2 Å². The summed E-state index contributed by atoms with van der Waals surface area (Å²) < 4.78 is 14.2. The first-order valence-corrected chi connectivity index (χ1v) is 8.97. The van der Waals surface area contributed by atoms with E-state index in [0.717, 1.165) is 25.7 Å². The molecule has 3 unspecified atom stereocenters. The van der Waals surface area contributed by atoms with Gasteiger partial charge in [-0.05, 0) is 73.2 Å². The number of halogens is 1. The van der Waals surface area contributed by atoms with Crippen molar-refractivity contribution < 1.29 is 14.3 Å². The Morgan fingerprint density at radius 2 is 2.14 bits per heavy atom. The minimum Gasteiger partial charge on any atom is -0.390 e. The minimum absolute atomic E-state index is 0.236. The number of alkyl halides is 1. The molecule has 0 spiro atoms. The molecule has 4 aliphatic rings. The van der Waals surface area contributed by atoms with Crippen LogP contribution in [0.15, 0.2) is 11.6 Å². The van der Waals surface area contributed by atoms with Crippen molar-refractivity contribution in [3.63, 3.8) is 0 Å². The van der Waals surface area contributed by atoms with E-state index in [1.165, 1.54) is 5.57 Å². The molecule has 0 aromatic rings. The zero-order valence-corrected chi connectivity index (χ0v) is 13.6. The normalized spacial score (nSPS) is 54.3. The van der Waals surface area contributed by atoms with Gasteiger partial charge < -0.3 is 5.11 Å². The fourth-order valence-electron chi connectivity index (χ4n) is 6.54. The molecule has 0 amide bonds. The van der Waals surface area contributed by atoms with Gasteiger partial charge in [-0.15, -0.1) is 0 Å². The standard InChI is InChI=1S/C19H27FO2/c1-10-7-11-8-12(21)3-4-13(11)14-5-6-19(2)15(17(10)14)9-16(20)18(19)22/h8,10,13-18,22H,3-7,9H2,1-2H3/t10-,13+,14?,15?,16-,17?,18+,19+/m1/s1. The monoisotopic (exact) mass is 306 g/mol. The Bertz CT molecular complexity index is 528. The van der Waals surface area contributed by atoms with Gasteiger partial charge in [0, 0.05) is 6.42 Å². The van der Waals surface area contributed by atoms with E-state index >= 15 is 0 Å². The molecular weight excluding hydrogens is 279 g/mol. The molecule has 0 bridgehead atoms. The zero-order chi connectivity index (χ0) is 15.6. The van der Waals surface area contributed by atoms with Crippen molar-refractivity contribution >= 4 is 5.78 Å². The molecule has 0 aliphatic heterocycles. The van der Waals surface area contributed by atoms with Crippen LogP contribution in [-0.2, 0) is 4.79 Å². The second kappa shape index (κ2) is 4.90. The van der Waals surface area contributed by atoms with E-state index in [1.807, 2.05) is 6.08 Å². The number of aliphatic hydroxyl groups is 1. The molecule has 8 atom stereocenters. The van der Waals surface area contributed by atoms with Gasteiger partial charge in [0.15, 0.2) is 5.78 Å². The number of carbonyl (C=O) groups is 1. The lowest BCUT2D eigenvalue weighted by Crippen LogP contribution is -2.50. The fourth-order valence-corrected chi connectivity index (χ4v) is 6.54. The number of allylic oxidation sites excluding steroid dienone is 1. The second-order valence-corrected chi connectivity index (χ2v) is 8.60. The molecule has 0 aromatic heterocycles. The number of hydrogen-bond donors (Lipinski definition) is 1.